The number of hydrogen-bond acceptors (Lipinski definition) is 2. The minimum absolute atomic E-state index is 0.163. The zero-order chi connectivity index (χ0) is 13.9. The third-order valence-electron chi connectivity index (χ3n) is 3.80. The van der Waals surface area contributed by atoms with Crippen LogP contribution in [0.4, 0.5) is 0 Å². The van der Waals surface area contributed by atoms with E-state index in [4.69, 9.17) is 0 Å². The van der Waals surface area contributed by atoms with Crippen molar-refractivity contribution in [1.29, 1.82) is 5.26 Å². The van der Waals surface area contributed by atoms with Crippen molar-refractivity contribution < 1.29 is 4.79 Å². The Morgan fingerprint density at radius 3 is 2.47 bits per heavy atom. The first-order valence-corrected chi connectivity index (χ1v) is 7.33. The summed E-state index contributed by atoms with van der Waals surface area (Å²) in [6, 6.07) is 9.49. The topological polar surface area (TPSA) is 52.9 Å². The van der Waals surface area contributed by atoms with Crippen molar-refractivity contribution >= 4 is 21.8 Å². The smallest absolute Gasteiger partial charge is 0.252 e. The summed E-state index contributed by atoms with van der Waals surface area (Å²) in [7, 11) is 0. The minimum Gasteiger partial charge on any atom is -0.334 e. The number of nitriles is 1. The quantitative estimate of drug-likeness (QED) is 0.904. The van der Waals surface area contributed by atoms with Gasteiger partial charge in [0.25, 0.3) is 5.91 Å². The largest absolute Gasteiger partial charge is 0.334 e. The predicted molar refractivity (Wildman–Crippen MR) is 77.6 cm³/mol. The first-order chi connectivity index (χ1) is 9.04. The number of benzene rings is 1. The van der Waals surface area contributed by atoms with Crippen LogP contribution in [0.5, 0.6) is 0 Å². The fourth-order valence-electron chi connectivity index (χ4n) is 2.41. The first-order valence-electron chi connectivity index (χ1n) is 6.54. The highest BCUT2D eigenvalue weighted by Gasteiger charge is 2.35. The minimum atomic E-state index is -0.684. The third-order valence-corrected chi connectivity index (χ3v) is 4.33. The molecular formula is C15H17BrN2O. The van der Waals surface area contributed by atoms with Gasteiger partial charge in [-0.1, -0.05) is 22.9 Å². The molecule has 0 atom stereocenters. The highest BCUT2D eigenvalue weighted by atomic mass is 79.9. The molecule has 0 unspecified atom stereocenters. The van der Waals surface area contributed by atoms with Crippen LogP contribution in [-0.2, 0) is 0 Å². The Morgan fingerprint density at radius 2 is 1.95 bits per heavy atom. The van der Waals surface area contributed by atoms with Gasteiger partial charge in [-0.25, -0.2) is 0 Å². The van der Waals surface area contributed by atoms with Gasteiger partial charge < -0.3 is 5.32 Å². The maximum Gasteiger partial charge on any atom is 0.252 e. The van der Waals surface area contributed by atoms with E-state index in [1.165, 1.54) is 0 Å². The molecule has 1 amide bonds. The molecule has 1 aromatic rings. The second-order valence-electron chi connectivity index (χ2n) is 5.34. The lowest BCUT2D eigenvalue weighted by Crippen LogP contribution is -2.49. The SMILES string of the molecule is CC1CCC(C#N)(NC(=O)c2ccc(Br)cc2)CC1. The Bertz CT molecular complexity index is 496. The van der Waals surface area contributed by atoms with Crippen molar-refractivity contribution in [2.75, 3.05) is 0 Å². The monoisotopic (exact) mass is 320 g/mol. The van der Waals surface area contributed by atoms with Gasteiger partial charge in [0.05, 0.1) is 6.07 Å². The van der Waals surface area contributed by atoms with Crippen LogP contribution in [0.3, 0.4) is 0 Å². The van der Waals surface area contributed by atoms with E-state index >= 15 is 0 Å². The number of rotatable bonds is 2. The van der Waals surface area contributed by atoms with Crippen LogP contribution in [0, 0.1) is 17.2 Å². The molecule has 1 aromatic carbocycles. The van der Waals surface area contributed by atoms with E-state index in [2.05, 4.69) is 34.2 Å². The summed E-state index contributed by atoms with van der Waals surface area (Å²) >= 11 is 3.34. The standard InChI is InChI=1S/C15H17BrN2O/c1-11-6-8-15(10-17,9-7-11)18-14(19)12-2-4-13(16)5-3-12/h2-5,11H,6-9H2,1H3,(H,18,19). The molecule has 0 radical (unpaired) electrons. The summed E-state index contributed by atoms with van der Waals surface area (Å²) in [5.74, 6) is 0.481. The molecule has 1 aliphatic rings. The van der Waals surface area contributed by atoms with Gasteiger partial charge in [-0.2, -0.15) is 5.26 Å². The van der Waals surface area contributed by atoms with E-state index in [9.17, 15) is 10.1 Å². The number of carbonyl (C=O) groups is 1. The van der Waals surface area contributed by atoms with E-state index in [0.717, 1.165) is 30.2 Å². The van der Waals surface area contributed by atoms with Crippen LogP contribution in [0.25, 0.3) is 0 Å². The van der Waals surface area contributed by atoms with E-state index < -0.39 is 5.54 Å². The molecular weight excluding hydrogens is 304 g/mol. The average Bonchev–Trinajstić information content (AvgIpc) is 2.42. The summed E-state index contributed by atoms with van der Waals surface area (Å²) < 4.78 is 0.936. The molecule has 0 saturated heterocycles. The number of nitrogens with zero attached hydrogens (tertiary/aromatic N) is 1. The van der Waals surface area contributed by atoms with Crippen molar-refractivity contribution in [2.24, 2.45) is 5.92 Å². The molecule has 0 spiro atoms. The summed E-state index contributed by atoms with van der Waals surface area (Å²) in [6.45, 7) is 2.19. The number of hydrogen-bond donors (Lipinski definition) is 1. The van der Waals surface area contributed by atoms with Gasteiger partial charge >= 0.3 is 0 Å². The normalized spacial score (nSPS) is 26.5. The van der Waals surface area contributed by atoms with Crippen molar-refractivity contribution in [2.45, 2.75) is 38.1 Å². The summed E-state index contributed by atoms with van der Waals surface area (Å²) in [4.78, 5) is 12.2. The number of nitrogens with one attached hydrogen (secondary N) is 1. The second-order valence-corrected chi connectivity index (χ2v) is 6.25. The molecule has 0 heterocycles. The lowest BCUT2D eigenvalue weighted by atomic mass is 9.78. The Hall–Kier alpha value is -1.34. The van der Waals surface area contributed by atoms with Gasteiger partial charge in [0, 0.05) is 10.0 Å². The zero-order valence-corrected chi connectivity index (χ0v) is 12.5. The van der Waals surface area contributed by atoms with E-state index in [1.807, 2.05) is 12.1 Å². The Morgan fingerprint density at radius 1 is 1.37 bits per heavy atom. The first kappa shape index (κ1) is 14.1. The van der Waals surface area contributed by atoms with Gasteiger partial charge in [0.15, 0.2) is 0 Å². The summed E-state index contributed by atoms with van der Waals surface area (Å²) in [5, 5.41) is 12.3. The second kappa shape index (κ2) is 5.75. The highest BCUT2D eigenvalue weighted by molar-refractivity contribution is 9.10. The fourth-order valence-corrected chi connectivity index (χ4v) is 2.67. The molecule has 100 valence electrons. The number of carbonyl (C=O) groups excluding carboxylic acids is 1. The third kappa shape index (κ3) is 3.36. The summed E-state index contributed by atoms with van der Waals surface area (Å²) in [6.07, 6.45) is 3.47. The maximum absolute atomic E-state index is 12.2. The highest BCUT2D eigenvalue weighted by Crippen LogP contribution is 2.31. The van der Waals surface area contributed by atoms with Crippen LogP contribution in [-0.4, -0.2) is 11.4 Å². The molecule has 1 fully saturated rings. The lowest BCUT2D eigenvalue weighted by molar-refractivity contribution is 0.0894. The van der Waals surface area contributed by atoms with Crippen molar-refractivity contribution in [3.8, 4) is 6.07 Å². The lowest BCUT2D eigenvalue weighted by Gasteiger charge is -2.34. The maximum atomic E-state index is 12.2. The van der Waals surface area contributed by atoms with E-state index in [0.29, 0.717) is 11.5 Å². The molecule has 19 heavy (non-hydrogen) atoms. The van der Waals surface area contributed by atoms with E-state index in [1.54, 1.807) is 12.1 Å². The van der Waals surface area contributed by atoms with Gasteiger partial charge in [-0.15, -0.1) is 0 Å². The van der Waals surface area contributed by atoms with E-state index in [-0.39, 0.29) is 5.91 Å². The fraction of sp³-hybridized carbons (Fsp3) is 0.467. The molecule has 3 nitrogen and oxygen atoms in total. The molecule has 2 rings (SSSR count). The van der Waals surface area contributed by atoms with Gasteiger partial charge in [0.2, 0.25) is 0 Å². The van der Waals surface area contributed by atoms with Gasteiger partial charge in [-0.3, -0.25) is 4.79 Å². The summed E-state index contributed by atoms with van der Waals surface area (Å²) in [5.41, 5.74) is -0.0899. The molecule has 1 N–H and O–H groups in total. The van der Waals surface area contributed by atoms with Crippen LogP contribution >= 0.6 is 15.9 Å². The number of halogens is 1. The van der Waals surface area contributed by atoms with Crippen LogP contribution < -0.4 is 5.32 Å². The number of amides is 1. The average molecular weight is 321 g/mol. The van der Waals surface area contributed by atoms with Crippen molar-refractivity contribution in [1.82, 2.24) is 5.32 Å². The Balaban J connectivity index is 2.09. The van der Waals surface area contributed by atoms with Crippen molar-refractivity contribution in [3.63, 3.8) is 0 Å². The molecule has 0 aliphatic heterocycles. The van der Waals surface area contributed by atoms with Crippen LogP contribution in [0.2, 0.25) is 0 Å². The molecule has 4 heteroatoms. The zero-order valence-electron chi connectivity index (χ0n) is 10.9. The van der Waals surface area contributed by atoms with Gasteiger partial charge in [0.1, 0.15) is 5.54 Å². The van der Waals surface area contributed by atoms with Crippen molar-refractivity contribution in [3.05, 3.63) is 34.3 Å². The molecule has 0 aromatic heterocycles. The van der Waals surface area contributed by atoms with Gasteiger partial charge in [-0.05, 0) is 55.9 Å². The predicted octanol–water partition coefficient (Wildman–Crippen LogP) is 3.65. The molecule has 1 saturated carbocycles. The Labute approximate surface area is 122 Å². The molecule has 0 bridgehead atoms. The molecule has 1 aliphatic carbocycles. The van der Waals surface area contributed by atoms with Crippen LogP contribution in [0.15, 0.2) is 28.7 Å². The van der Waals surface area contributed by atoms with Crippen LogP contribution in [0.1, 0.15) is 43.0 Å². The Kier molecular flexibility index (Phi) is 4.26.